The predicted molar refractivity (Wildman–Crippen MR) is 72.7 cm³/mol. The fraction of sp³-hybridized carbons (Fsp3) is 0.357. The van der Waals surface area contributed by atoms with Gasteiger partial charge in [-0.05, 0) is 25.0 Å². The molecule has 0 aliphatic rings. The number of aliphatic carboxylic acids is 1. The van der Waals surface area contributed by atoms with Gasteiger partial charge in [-0.1, -0.05) is 25.1 Å². The Balaban J connectivity index is 2.33. The maximum Gasteiger partial charge on any atom is 0.306 e. The lowest BCUT2D eigenvalue weighted by atomic mass is 10.0. The molecule has 6 nitrogen and oxygen atoms in total. The van der Waals surface area contributed by atoms with Crippen LogP contribution in [-0.4, -0.2) is 22.9 Å². The van der Waals surface area contributed by atoms with Crippen molar-refractivity contribution in [2.24, 2.45) is 5.92 Å². The third-order valence-electron chi connectivity index (χ3n) is 2.91. The number of rotatable bonds is 6. The Morgan fingerprint density at radius 3 is 2.35 bits per heavy atom. The zero-order chi connectivity index (χ0) is 15.0. The summed E-state index contributed by atoms with van der Waals surface area (Å²) in [6.07, 6.45) is 0.776. The van der Waals surface area contributed by atoms with Crippen molar-refractivity contribution in [3.05, 3.63) is 35.9 Å². The minimum Gasteiger partial charge on any atom is -0.481 e. The fourth-order valence-electron chi connectivity index (χ4n) is 1.66. The summed E-state index contributed by atoms with van der Waals surface area (Å²) in [7, 11) is 0. The van der Waals surface area contributed by atoms with Gasteiger partial charge in [-0.15, -0.1) is 0 Å². The molecular weight excluding hydrogens is 260 g/mol. The van der Waals surface area contributed by atoms with E-state index in [1.54, 1.807) is 37.3 Å². The van der Waals surface area contributed by atoms with E-state index in [0.717, 1.165) is 0 Å². The molecule has 0 aliphatic heterocycles. The third kappa shape index (κ3) is 5.09. The van der Waals surface area contributed by atoms with E-state index >= 15 is 0 Å². The monoisotopic (exact) mass is 278 g/mol. The second-order valence-corrected chi connectivity index (χ2v) is 4.35. The van der Waals surface area contributed by atoms with E-state index in [0.29, 0.717) is 12.0 Å². The number of benzene rings is 1. The summed E-state index contributed by atoms with van der Waals surface area (Å²) in [6.45, 7) is 1.76. The Labute approximate surface area is 117 Å². The largest absolute Gasteiger partial charge is 0.481 e. The van der Waals surface area contributed by atoms with Crippen molar-refractivity contribution in [2.75, 3.05) is 0 Å². The molecule has 1 rings (SSSR count). The van der Waals surface area contributed by atoms with Gasteiger partial charge in [0.05, 0.1) is 5.92 Å². The quantitative estimate of drug-likeness (QED) is 0.684. The maximum absolute atomic E-state index is 11.6. The molecule has 108 valence electrons. The highest BCUT2D eigenvalue weighted by Gasteiger charge is 2.16. The fourth-order valence-corrected chi connectivity index (χ4v) is 1.66. The molecule has 0 spiro atoms. The topological polar surface area (TPSA) is 95.5 Å². The van der Waals surface area contributed by atoms with Crippen LogP contribution in [0, 0.1) is 5.92 Å². The lowest BCUT2D eigenvalue weighted by Crippen LogP contribution is -2.41. The van der Waals surface area contributed by atoms with Crippen LogP contribution in [0.15, 0.2) is 30.3 Å². The third-order valence-corrected chi connectivity index (χ3v) is 2.91. The first-order valence-corrected chi connectivity index (χ1v) is 6.41. The second kappa shape index (κ2) is 7.93. The number of hydrogen-bond acceptors (Lipinski definition) is 3. The number of hydrogen-bond donors (Lipinski definition) is 3. The average Bonchev–Trinajstić information content (AvgIpc) is 2.46. The van der Waals surface area contributed by atoms with Crippen LogP contribution in [0.25, 0.3) is 0 Å². The van der Waals surface area contributed by atoms with Gasteiger partial charge in [0.15, 0.2) is 0 Å². The summed E-state index contributed by atoms with van der Waals surface area (Å²) in [5, 5.41) is 8.85. The van der Waals surface area contributed by atoms with Crippen molar-refractivity contribution in [1.82, 2.24) is 10.9 Å². The van der Waals surface area contributed by atoms with Gasteiger partial charge < -0.3 is 5.11 Å². The minimum absolute atomic E-state index is 0.0554. The molecule has 0 saturated carbocycles. The van der Waals surface area contributed by atoms with Crippen LogP contribution >= 0.6 is 0 Å². The molecule has 0 bridgehead atoms. The first-order valence-electron chi connectivity index (χ1n) is 6.41. The molecule has 0 radical (unpaired) electrons. The molecule has 0 aliphatic carbocycles. The Morgan fingerprint density at radius 1 is 1.15 bits per heavy atom. The van der Waals surface area contributed by atoms with E-state index in [1.807, 2.05) is 0 Å². The highest BCUT2D eigenvalue weighted by atomic mass is 16.4. The molecule has 0 fully saturated rings. The Bertz CT molecular complexity index is 473. The average molecular weight is 278 g/mol. The lowest BCUT2D eigenvalue weighted by Gasteiger charge is -2.10. The van der Waals surface area contributed by atoms with Gasteiger partial charge in [0, 0.05) is 12.0 Å². The number of carbonyl (C=O) groups is 3. The predicted octanol–water partition coefficient (Wildman–Crippen LogP) is 1.34. The summed E-state index contributed by atoms with van der Waals surface area (Å²) in [4.78, 5) is 33.9. The molecule has 3 N–H and O–H groups in total. The van der Waals surface area contributed by atoms with Gasteiger partial charge in [-0.25, -0.2) is 0 Å². The Hall–Kier alpha value is -2.37. The molecule has 0 saturated heterocycles. The summed E-state index contributed by atoms with van der Waals surface area (Å²) >= 11 is 0. The van der Waals surface area contributed by atoms with Gasteiger partial charge in [-0.2, -0.15) is 0 Å². The van der Waals surface area contributed by atoms with E-state index in [-0.39, 0.29) is 12.8 Å². The van der Waals surface area contributed by atoms with Crippen molar-refractivity contribution < 1.29 is 19.5 Å². The van der Waals surface area contributed by atoms with Crippen molar-refractivity contribution in [3.63, 3.8) is 0 Å². The van der Waals surface area contributed by atoms with Gasteiger partial charge in [0.2, 0.25) is 5.91 Å². The molecule has 0 aromatic heterocycles. The van der Waals surface area contributed by atoms with Crippen LogP contribution in [0.3, 0.4) is 0 Å². The van der Waals surface area contributed by atoms with Crippen molar-refractivity contribution in [1.29, 1.82) is 0 Å². The van der Waals surface area contributed by atoms with Crippen LogP contribution in [0.5, 0.6) is 0 Å². The lowest BCUT2D eigenvalue weighted by molar-refractivity contribution is -0.142. The molecule has 6 heteroatoms. The number of hydrazine groups is 1. The van der Waals surface area contributed by atoms with Crippen LogP contribution in [-0.2, 0) is 9.59 Å². The van der Waals surface area contributed by atoms with E-state index in [9.17, 15) is 14.4 Å². The van der Waals surface area contributed by atoms with Crippen molar-refractivity contribution in [3.8, 4) is 0 Å². The zero-order valence-electron chi connectivity index (χ0n) is 11.3. The van der Waals surface area contributed by atoms with E-state index in [1.165, 1.54) is 0 Å². The van der Waals surface area contributed by atoms with Crippen LogP contribution < -0.4 is 10.9 Å². The van der Waals surface area contributed by atoms with Gasteiger partial charge in [0.1, 0.15) is 0 Å². The van der Waals surface area contributed by atoms with Crippen molar-refractivity contribution >= 4 is 17.8 Å². The van der Waals surface area contributed by atoms with Crippen molar-refractivity contribution in [2.45, 2.75) is 26.2 Å². The molecular formula is C14H18N2O4. The Morgan fingerprint density at radius 2 is 1.80 bits per heavy atom. The Kier molecular flexibility index (Phi) is 6.22. The van der Waals surface area contributed by atoms with E-state index in [2.05, 4.69) is 10.9 Å². The maximum atomic E-state index is 11.6. The summed E-state index contributed by atoms with van der Waals surface area (Å²) in [6, 6.07) is 8.47. The first kappa shape index (κ1) is 15.7. The number of carboxylic acid groups (broad SMARTS) is 1. The summed E-state index contributed by atoms with van der Waals surface area (Å²) in [5.74, 6) is -2.27. The zero-order valence-corrected chi connectivity index (χ0v) is 11.3. The van der Waals surface area contributed by atoms with Crippen LogP contribution in [0.1, 0.15) is 36.5 Å². The normalized spacial score (nSPS) is 11.4. The molecule has 1 atom stereocenters. The molecule has 1 aromatic rings. The standard InChI is InChI=1S/C14H18N2O4/c1-2-10(14(19)20)8-9-12(17)15-16-13(18)11-6-4-3-5-7-11/h3-7,10H,2,8-9H2,1H3,(H,15,17)(H,16,18)(H,19,20)/t10-/m1/s1. The summed E-state index contributed by atoms with van der Waals surface area (Å²) in [5.41, 5.74) is 4.99. The number of amides is 2. The molecule has 2 amide bonds. The summed E-state index contributed by atoms with van der Waals surface area (Å²) < 4.78 is 0. The number of nitrogens with one attached hydrogen (secondary N) is 2. The van der Waals surface area contributed by atoms with E-state index < -0.39 is 23.7 Å². The SMILES string of the molecule is CC[C@H](CCC(=O)NNC(=O)c1ccccc1)C(=O)O. The van der Waals surface area contributed by atoms with Gasteiger partial charge in [-0.3, -0.25) is 25.2 Å². The van der Waals surface area contributed by atoms with Crippen LogP contribution in [0.4, 0.5) is 0 Å². The highest BCUT2D eigenvalue weighted by molar-refractivity contribution is 5.95. The molecule has 0 heterocycles. The molecule has 1 aromatic carbocycles. The minimum atomic E-state index is -0.909. The number of carboxylic acids is 1. The smallest absolute Gasteiger partial charge is 0.306 e. The van der Waals surface area contributed by atoms with Gasteiger partial charge in [0.25, 0.3) is 5.91 Å². The number of carbonyl (C=O) groups excluding carboxylic acids is 2. The highest BCUT2D eigenvalue weighted by Crippen LogP contribution is 2.10. The van der Waals surface area contributed by atoms with Crippen LogP contribution in [0.2, 0.25) is 0 Å². The molecule has 0 unspecified atom stereocenters. The molecule has 20 heavy (non-hydrogen) atoms. The second-order valence-electron chi connectivity index (χ2n) is 4.35. The van der Waals surface area contributed by atoms with E-state index in [4.69, 9.17) is 5.11 Å². The van der Waals surface area contributed by atoms with Gasteiger partial charge >= 0.3 is 5.97 Å². The first-order chi connectivity index (χ1) is 9.54.